The Morgan fingerprint density at radius 2 is 2.17 bits per heavy atom. The van der Waals surface area contributed by atoms with Crippen LogP contribution >= 0.6 is 27.7 Å². The highest BCUT2D eigenvalue weighted by atomic mass is 79.9. The summed E-state index contributed by atoms with van der Waals surface area (Å²) in [4.78, 5) is 0.709. The van der Waals surface area contributed by atoms with Crippen LogP contribution in [0.3, 0.4) is 0 Å². The molecule has 0 nitrogen and oxygen atoms in total. The van der Waals surface area contributed by atoms with Gasteiger partial charge in [0.2, 0.25) is 0 Å². The van der Waals surface area contributed by atoms with Crippen molar-refractivity contribution in [3.63, 3.8) is 0 Å². The fourth-order valence-corrected chi connectivity index (χ4v) is 2.17. The number of halogens is 2. The maximum absolute atomic E-state index is 13.3. The molecule has 0 atom stereocenters. The largest absolute Gasteiger partial charge is 0.205 e. The van der Waals surface area contributed by atoms with E-state index in [2.05, 4.69) is 22.9 Å². The van der Waals surface area contributed by atoms with Gasteiger partial charge in [0.1, 0.15) is 0 Å². The highest BCUT2D eigenvalue weighted by Crippen LogP contribution is 2.27. The maximum atomic E-state index is 13.3. The Hall–Kier alpha value is -0.0200. The maximum Gasteiger partial charge on any atom is 0.150 e. The zero-order valence-electron chi connectivity index (χ0n) is 7.03. The van der Waals surface area contributed by atoms with Crippen LogP contribution in [-0.2, 0) is 6.42 Å². The normalized spacial score (nSPS) is 10.3. The summed E-state index contributed by atoms with van der Waals surface area (Å²) in [6.45, 7) is 2.06. The minimum atomic E-state index is -0.153. The van der Waals surface area contributed by atoms with Crippen molar-refractivity contribution >= 4 is 27.7 Å². The summed E-state index contributed by atoms with van der Waals surface area (Å²) in [5, 5.41) is 0. The average Bonchev–Trinajstić information content (AvgIpc) is 2.09. The summed E-state index contributed by atoms with van der Waals surface area (Å²) in [5.41, 5.74) is 1.16. The molecule has 0 N–H and O–H groups in total. The molecule has 0 aromatic heterocycles. The van der Waals surface area contributed by atoms with E-state index in [0.29, 0.717) is 9.37 Å². The quantitative estimate of drug-likeness (QED) is 0.717. The first-order valence-corrected chi connectivity index (χ1v) is 5.72. The topological polar surface area (TPSA) is 0 Å². The molecule has 0 aliphatic rings. The van der Waals surface area contributed by atoms with Gasteiger partial charge in [0.25, 0.3) is 0 Å². The SMILES string of the molecule is CCc1cc(Br)c(F)c(SC)c1. The molecule has 66 valence electrons. The van der Waals surface area contributed by atoms with Crippen molar-refractivity contribution in [3.8, 4) is 0 Å². The molecular weight excluding hydrogens is 239 g/mol. The third-order valence-electron chi connectivity index (χ3n) is 1.68. The monoisotopic (exact) mass is 248 g/mol. The molecule has 1 rings (SSSR count). The van der Waals surface area contributed by atoms with E-state index < -0.39 is 0 Å². The van der Waals surface area contributed by atoms with Crippen LogP contribution in [0.15, 0.2) is 21.5 Å². The number of rotatable bonds is 2. The van der Waals surface area contributed by atoms with Gasteiger partial charge in [-0.15, -0.1) is 11.8 Å². The van der Waals surface area contributed by atoms with Crippen molar-refractivity contribution in [1.82, 2.24) is 0 Å². The summed E-state index contributed by atoms with van der Waals surface area (Å²) in [7, 11) is 0. The fraction of sp³-hybridized carbons (Fsp3) is 0.333. The average molecular weight is 249 g/mol. The molecule has 0 fully saturated rings. The van der Waals surface area contributed by atoms with Gasteiger partial charge in [-0.2, -0.15) is 0 Å². The van der Waals surface area contributed by atoms with Crippen LogP contribution in [0.4, 0.5) is 4.39 Å². The first-order chi connectivity index (χ1) is 5.69. The lowest BCUT2D eigenvalue weighted by Gasteiger charge is -2.04. The van der Waals surface area contributed by atoms with E-state index in [0.717, 1.165) is 12.0 Å². The van der Waals surface area contributed by atoms with Crippen molar-refractivity contribution in [3.05, 3.63) is 28.0 Å². The van der Waals surface area contributed by atoms with E-state index in [1.165, 1.54) is 11.8 Å². The smallest absolute Gasteiger partial charge is 0.150 e. The third kappa shape index (κ3) is 2.02. The lowest BCUT2D eigenvalue weighted by Crippen LogP contribution is -1.87. The molecule has 0 saturated carbocycles. The second-order valence-electron chi connectivity index (χ2n) is 2.45. The van der Waals surface area contributed by atoms with Gasteiger partial charge in [0, 0.05) is 4.90 Å². The van der Waals surface area contributed by atoms with E-state index in [4.69, 9.17) is 0 Å². The molecule has 0 bridgehead atoms. The number of hydrogen-bond acceptors (Lipinski definition) is 1. The standard InChI is InChI=1S/C9H10BrFS/c1-3-6-4-7(10)9(11)8(5-6)12-2/h4-5H,3H2,1-2H3. The van der Waals surface area contributed by atoms with Gasteiger partial charge in [-0.1, -0.05) is 6.92 Å². The lowest BCUT2D eigenvalue weighted by atomic mass is 10.2. The highest BCUT2D eigenvalue weighted by Gasteiger charge is 2.06. The Labute approximate surface area is 84.7 Å². The molecular formula is C9H10BrFS. The predicted octanol–water partition coefficient (Wildman–Crippen LogP) is 3.87. The number of benzene rings is 1. The van der Waals surface area contributed by atoms with Gasteiger partial charge in [-0.25, -0.2) is 4.39 Å². The van der Waals surface area contributed by atoms with E-state index in [1.54, 1.807) is 0 Å². The van der Waals surface area contributed by atoms with Gasteiger partial charge in [-0.3, -0.25) is 0 Å². The second-order valence-corrected chi connectivity index (χ2v) is 4.15. The third-order valence-corrected chi connectivity index (χ3v) is 3.00. The van der Waals surface area contributed by atoms with Crippen LogP contribution in [0, 0.1) is 5.82 Å². The van der Waals surface area contributed by atoms with Crippen LogP contribution in [0.5, 0.6) is 0 Å². The van der Waals surface area contributed by atoms with E-state index >= 15 is 0 Å². The van der Waals surface area contributed by atoms with Crippen molar-refractivity contribution in [2.75, 3.05) is 6.26 Å². The van der Waals surface area contributed by atoms with Crippen LogP contribution < -0.4 is 0 Å². The second kappa shape index (κ2) is 4.28. The molecule has 1 aromatic rings. The lowest BCUT2D eigenvalue weighted by molar-refractivity contribution is 0.594. The van der Waals surface area contributed by atoms with Gasteiger partial charge >= 0.3 is 0 Å². The molecule has 0 spiro atoms. The van der Waals surface area contributed by atoms with Crippen LogP contribution in [0.2, 0.25) is 0 Å². The Balaban J connectivity index is 3.19. The van der Waals surface area contributed by atoms with Crippen LogP contribution in [-0.4, -0.2) is 6.26 Å². The van der Waals surface area contributed by atoms with Gasteiger partial charge in [0.05, 0.1) is 4.47 Å². The summed E-state index contributed by atoms with van der Waals surface area (Å²) < 4.78 is 13.8. The zero-order valence-corrected chi connectivity index (χ0v) is 9.43. The molecule has 12 heavy (non-hydrogen) atoms. The summed E-state index contributed by atoms with van der Waals surface area (Å²) in [6.07, 6.45) is 2.82. The Morgan fingerprint density at radius 3 is 2.67 bits per heavy atom. The fourth-order valence-electron chi connectivity index (χ4n) is 0.970. The van der Waals surface area contributed by atoms with Crippen LogP contribution in [0.1, 0.15) is 12.5 Å². The summed E-state index contributed by atoms with van der Waals surface area (Å²) in [6, 6.07) is 3.72. The number of hydrogen-bond donors (Lipinski definition) is 0. The van der Waals surface area contributed by atoms with E-state index in [9.17, 15) is 4.39 Å². The molecule has 0 amide bonds. The zero-order chi connectivity index (χ0) is 9.14. The predicted molar refractivity (Wildman–Crippen MR) is 55.3 cm³/mol. The Bertz CT molecular complexity index is 286. The van der Waals surface area contributed by atoms with Gasteiger partial charge in [-0.05, 0) is 46.3 Å². The van der Waals surface area contributed by atoms with Crippen LogP contribution in [0.25, 0.3) is 0 Å². The summed E-state index contributed by atoms with van der Waals surface area (Å²) >= 11 is 4.62. The van der Waals surface area contributed by atoms with Crippen molar-refractivity contribution in [2.45, 2.75) is 18.2 Å². The van der Waals surface area contributed by atoms with E-state index in [1.807, 2.05) is 18.4 Å². The number of thioether (sulfide) groups is 1. The molecule has 0 heterocycles. The summed E-state index contributed by atoms with van der Waals surface area (Å²) in [5.74, 6) is -0.153. The van der Waals surface area contributed by atoms with Crippen molar-refractivity contribution in [2.24, 2.45) is 0 Å². The molecule has 3 heteroatoms. The molecule has 0 aliphatic carbocycles. The minimum Gasteiger partial charge on any atom is -0.205 e. The first-order valence-electron chi connectivity index (χ1n) is 3.71. The van der Waals surface area contributed by atoms with Gasteiger partial charge < -0.3 is 0 Å². The first kappa shape index (κ1) is 10.1. The van der Waals surface area contributed by atoms with Crippen molar-refractivity contribution in [1.29, 1.82) is 0 Å². The molecule has 1 aromatic carbocycles. The molecule has 0 radical (unpaired) electrons. The minimum absolute atomic E-state index is 0.153. The Kier molecular flexibility index (Phi) is 3.59. The molecule has 0 unspecified atom stereocenters. The molecule has 0 aliphatic heterocycles. The van der Waals surface area contributed by atoms with E-state index in [-0.39, 0.29) is 5.82 Å². The highest BCUT2D eigenvalue weighted by molar-refractivity contribution is 9.10. The van der Waals surface area contributed by atoms with Crippen molar-refractivity contribution < 1.29 is 4.39 Å². The molecule has 0 saturated heterocycles. The van der Waals surface area contributed by atoms with Gasteiger partial charge in [0.15, 0.2) is 5.82 Å². The number of aryl methyl sites for hydroxylation is 1. The Morgan fingerprint density at radius 1 is 1.50 bits per heavy atom.